The Morgan fingerprint density at radius 1 is 1.00 bits per heavy atom. The molecule has 11 heteroatoms. The first kappa shape index (κ1) is 16.9. The number of hydrogen-bond donors (Lipinski definition) is 6. The summed E-state index contributed by atoms with van der Waals surface area (Å²) < 4.78 is 0. The molecule has 19 heavy (non-hydrogen) atoms. The van der Waals surface area contributed by atoms with Gasteiger partial charge in [-0.2, -0.15) is 0 Å². The van der Waals surface area contributed by atoms with Crippen molar-refractivity contribution in [2.24, 2.45) is 5.92 Å². The maximum absolute atomic E-state index is 11.1. The number of aliphatic hydroxyl groups is 2. The first-order chi connectivity index (χ1) is 8.46. The van der Waals surface area contributed by atoms with Gasteiger partial charge < -0.3 is 25.5 Å². The lowest BCUT2D eigenvalue weighted by atomic mass is 9.77. The van der Waals surface area contributed by atoms with E-state index in [1.807, 2.05) is 0 Å². The Hall–Kier alpha value is -2.08. The zero-order chi connectivity index (χ0) is 15.6. The van der Waals surface area contributed by atoms with Crippen molar-refractivity contribution in [1.82, 2.24) is 0 Å². The number of carbonyl (C=O) groups is 4. The highest BCUT2D eigenvalue weighted by Crippen LogP contribution is 2.34. The highest BCUT2D eigenvalue weighted by atomic mass is 17.1. The highest BCUT2D eigenvalue weighted by Gasteiger charge is 2.71. The van der Waals surface area contributed by atoms with Gasteiger partial charge in [0.25, 0.3) is 5.60 Å². The molecule has 2 unspecified atom stereocenters. The predicted octanol–water partition coefficient (Wildman–Crippen LogP) is -2.65. The van der Waals surface area contributed by atoms with Gasteiger partial charge in [-0.15, -0.1) is 0 Å². The van der Waals surface area contributed by atoms with Crippen molar-refractivity contribution >= 4 is 23.7 Å². The molecule has 0 bridgehead atoms. The van der Waals surface area contributed by atoms with Crippen LogP contribution >= 0.6 is 0 Å². The minimum atomic E-state index is -4.39. The fraction of sp³-hybridized carbons (Fsp3) is 0.500. The van der Waals surface area contributed by atoms with Gasteiger partial charge in [0.1, 0.15) is 5.78 Å². The van der Waals surface area contributed by atoms with Crippen LogP contribution in [0, 0.1) is 5.92 Å². The van der Waals surface area contributed by atoms with Crippen LogP contribution in [-0.2, 0) is 24.1 Å². The molecule has 0 aromatic rings. The van der Waals surface area contributed by atoms with Crippen LogP contribution in [0.2, 0.25) is 0 Å². The van der Waals surface area contributed by atoms with Crippen LogP contribution in [0.1, 0.15) is 6.92 Å². The summed E-state index contributed by atoms with van der Waals surface area (Å²) in [5.74, 6) is -16.2. The summed E-state index contributed by atoms with van der Waals surface area (Å²) in [5.41, 5.74) is -4.05. The van der Waals surface area contributed by atoms with Crippen molar-refractivity contribution in [3.05, 3.63) is 0 Å². The van der Waals surface area contributed by atoms with Crippen LogP contribution in [0.3, 0.4) is 0 Å². The second kappa shape index (κ2) is 5.27. The molecule has 0 radical (unpaired) electrons. The Morgan fingerprint density at radius 3 is 1.58 bits per heavy atom. The zero-order valence-electron chi connectivity index (χ0n) is 9.30. The lowest BCUT2D eigenvalue weighted by Gasteiger charge is -2.36. The van der Waals surface area contributed by atoms with E-state index in [1.165, 1.54) is 0 Å². The summed E-state index contributed by atoms with van der Waals surface area (Å²) in [6.07, 6.45) is 0. The fourth-order valence-corrected chi connectivity index (χ4v) is 1.42. The van der Waals surface area contributed by atoms with Gasteiger partial charge in [0.05, 0.1) is 0 Å². The van der Waals surface area contributed by atoms with Crippen molar-refractivity contribution in [3.63, 3.8) is 0 Å². The Kier molecular flexibility index (Phi) is 4.70. The van der Waals surface area contributed by atoms with Crippen LogP contribution in [-0.4, -0.2) is 65.9 Å². The van der Waals surface area contributed by atoms with E-state index in [0.29, 0.717) is 6.92 Å². The molecule has 0 amide bonds. The third-order valence-electron chi connectivity index (χ3n) is 2.34. The molecular weight excluding hydrogens is 272 g/mol. The first-order valence-corrected chi connectivity index (χ1v) is 4.44. The summed E-state index contributed by atoms with van der Waals surface area (Å²) in [4.78, 5) is 46.8. The van der Waals surface area contributed by atoms with Crippen molar-refractivity contribution in [3.8, 4) is 0 Å². The molecule has 108 valence electrons. The Labute approximate surface area is 104 Å². The second-order valence-electron chi connectivity index (χ2n) is 3.49. The molecule has 0 aliphatic heterocycles. The maximum Gasteiger partial charge on any atom is 0.368 e. The predicted molar refractivity (Wildman–Crippen MR) is 50.7 cm³/mol. The van der Waals surface area contributed by atoms with Crippen LogP contribution in [0.4, 0.5) is 0 Å². The molecule has 0 saturated heterocycles. The molecule has 2 atom stereocenters. The first-order valence-electron chi connectivity index (χ1n) is 4.44. The normalized spacial score (nSPS) is 16.2. The van der Waals surface area contributed by atoms with Gasteiger partial charge in [0.15, 0.2) is 5.92 Å². The topological polar surface area (TPSA) is 199 Å². The standard InChI is InChI=1S/C8H10O11/c1-2(9)3(4(10)11)7(19-18,5(12)13)8(16,17)6(14)15/h3,16-18H,1H3,(H,10,11)(H,12,13)(H,14,15). The van der Waals surface area contributed by atoms with E-state index in [1.54, 1.807) is 0 Å². The Bertz CT molecular complexity index is 410. The average molecular weight is 282 g/mol. The van der Waals surface area contributed by atoms with E-state index in [9.17, 15) is 29.4 Å². The average Bonchev–Trinajstić information content (AvgIpc) is 2.22. The molecule has 11 nitrogen and oxygen atoms in total. The smallest absolute Gasteiger partial charge is 0.368 e. The van der Waals surface area contributed by atoms with E-state index in [2.05, 4.69) is 4.89 Å². The number of hydrogen-bond acceptors (Lipinski definition) is 8. The molecule has 0 aromatic carbocycles. The minimum Gasteiger partial charge on any atom is -0.481 e. The lowest BCUT2D eigenvalue weighted by Crippen LogP contribution is -2.71. The third kappa shape index (κ3) is 2.39. The molecule has 6 N–H and O–H groups in total. The molecule has 0 aliphatic rings. The van der Waals surface area contributed by atoms with Crippen LogP contribution in [0.5, 0.6) is 0 Å². The lowest BCUT2D eigenvalue weighted by molar-refractivity contribution is -0.391. The zero-order valence-corrected chi connectivity index (χ0v) is 9.30. The summed E-state index contributed by atoms with van der Waals surface area (Å²) in [5, 5.41) is 53.0. The minimum absolute atomic E-state index is 0.535. The molecule has 0 aromatic heterocycles. The van der Waals surface area contributed by atoms with Gasteiger partial charge in [0.2, 0.25) is 0 Å². The Morgan fingerprint density at radius 2 is 1.42 bits per heavy atom. The number of aliphatic carboxylic acids is 3. The largest absolute Gasteiger partial charge is 0.481 e. The van der Waals surface area contributed by atoms with Gasteiger partial charge in [-0.25, -0.2) is 14.5 Å². The number of carboxylic acid groups (broad SMARTS) is 3. The fourth-order valence-electron chi connectivity index (χ4n) is 1.42. The molecule has 0 fully saturated rings. The molecule has 0 rings (SSSR count). The molecule has 0 aliphatic carbocycles. The van der Waals surface area contributed by atoms with E-state index in [0.717, 1.165) is 0 Å². The van der Waals surface area contributed by atoms with Crippen molar-refractivity contribution in [2.75, 3.05) is 0 Å². The van der Waals surface area contributed by atoms with Crippen molar-refractivity contribution < 1.29 is 54.9 Å². The van der Waals surface area contributed by atoms with E-state index >= 15 is 0 Å². The maximum atomic E-state index is 11.1. The number of ketones is 1. The summed E-state index contributed by atoms with van der Waals surface area (Å²) >= 11 is 0. The van der Waals surface area contributed by atoms with Gasteiger partial charge >= 0.3 is 23.7 Å². The third-order valence-corrected chi connectivity index (χ3v) is 2.34. The summed E-state index contributed by atoms with van der Waals surface area (Å²) in [7, 11) is 0. The van der Waals surface area contributed by atoms with Crippen LogP contribution in [0.25, 0.3) is 0 Å². The van der Waals surface area contributed by atoms with Crippen molar-refractivity contribution in [1.29, 1.82) is 0 Å². The monoisotopic (exact) mass is 282 g/mol. The number of Topliss-reactive ketones (excluding diaryl/α,β-unsaturated/α-hetero) is 1. The van der Waals surface area contributed by atoms with Gasteiger partial charge in [-0.3, -0.25) is 14.8 Å². The molecule has 0 saturated carbocycles. The SMILES string of the molecule is CC(=O)C(C(=O)O)C(OO)(C(=O)O)C(O)(O)C(=O)O. The summed E-state index contributed by atoms with van der Waals surface area (Å²) in [6.45, 7) is 0.535. The second-order valence-corrected chi connectivity index (χ2v) is 3.49. The van der Waals surface area contributed by atoms with E-state index in [4.69, 9.17) is 20.6 Å². The van der Waals surface area contributed by atoms with E-state index < -0.39 is 41.0 Å². The summed E-state index contributed by atoms with van der Waals surface area (Å²) in [6, 6.07) is 0. The Balaban J connectivity index is 6.36. The number of carbonyl (C=O) groups excluding carboxylic acids is 1. The van der Waals surface area contributed by atoms with E-state index in [-0.39, 0.29) is 0 Å². The highest BCUT2D eigenvalue weighted by molar-refractivity contribution is 6.06. The van der Waals surface area contributed by atoms with Crippen LogP contribution in [0.15, 0.2) is 0 Å². The van der Waals surface area contributed by atoms with Crippen molar-refractivity contribution in [2.45, 2.75) is 18.3 Å². The molecule has 0 heterocycles. The number of rotatable bonds is 7. The molecule has 0 spiro atoms. The van der Waals surface area contributed by atoms with Crippen LogP contribution < -0.4 is 0 Å². The van der Waals surface area contributed by atoms with Gasteiger partial charge in [0, 0.05) is 0 Å². The number of carboxylic acids is 3. The van der Waals surface area contributed by atoms with Gasteiger partial charge in [-0.1, -0.05) is 0 Å². The van der Waals surface area contributed by atoms with Gasteiger partial charge in [-0.05, 0) is 6.92 Å². The quantitative estimate of drug-likeness (QED) is 0.123. The molecular formula is C8H10O11.